The molecule has 4 aliphatic heterocycles. The van der Waals surface area contributed by atoms with E-state index in [-0.39, 0.29) is 41.3 Å². The van der Waals surface area contributed by atoms with Gasteiger partial charge >= 0.3 is 12.2 Å². The van der Waals surface area contributed by atoms with Gasteiger partial charge in [0.05, 0.1) is 50.1 Å². The van der Waals surface area contributed by atoms with Crippen LogP contribution >= 0.6 is 0 Å². The third-order valence-electron chi connectivity index (χ3n) is 10.1. The molecular formula is C42H60N8O8. The summed E-state index contributed by atoms with van der Waals surface area (Å²) >= 11 is 0. The van der Waals surface area contributed by atoms with Crippen LogP contribution in [0.5, 0.6) is 11.5 Å². The van der Waals surface area contributed by atoms with E-state index < -0.39 is 12.2 Å². The normalized spacial score (nSPS) is 17.0. The van der Waals surface area contributed by atoms with Gasteiger partial charge in [-0.05, 0) is 49.9 Å². The van der Waals surface area contributed by atoms with Crippen LogP contribution in [0, 0.1) is 0 Å². The van der Waals surface area contributed by atoms with Crippen molar-refractivity contribution in [2.45, 2.75) is 91.5 Å². The third kappa shape index (κ3) is 8.90. The van der Waals surface area contributed by atoms with Gasteiger partial charge in [-0.1, -0.05) is 40.5 Å². The molecule has 16 heteroatoms. The molecular weight excluding hydrogens is 745 g/mol. The number of likely N-dealkylation sites (tertiary alicyclic amines) is 2. The van der Waals surface area contributed by atoms with Gasteiger partial charge in [-0.15, -0.1) is 0 Å². The molecule has 4 N–H and O–H groups in total. The minimum atomic E-state index is -0.648. The molecule has 0 spiro atoms. The first kappa shape index (κ1) is 41.6. The van der Waals surface area contributed by atoms with Crippen LogP contribution in [0.3, 0.4) is 0 Å². The van der Waals surface area contributed by atoms with E-state index in [0.29, 0.717) is 38.0 Å². The number of H-pyrrole nitrogens is 2. The summed E-state index contributed by atoms with van der Waals surface area (Å²) in [6.07, 6.45) is 7.94. The van der Waals surface area contributed by atoms with Gasteiger partial charge in [-0.25, -0.2) is 19.6 Å². The number of hydrogen-bond acceptors (Lipinski definition) is 10. The molecule has 0 unspecified atom stereocenters. The quantitative estimate of drug-likeness (QED) is 0.138. The standard InChI is InChI=1S/C36H38N8O8.2C3H8.3H2/c1-49-35(47)39-15-29(45)43-7-3-5-25(43)33-37-13-23(41-33)19-9-21-17-52-28-12-20(10-22-18-51-27(11-19)31(21)32(22)28)24-14-38-34(42-24)26-6-4-8-44(26)30(46)16-40-36(48)50-2;2*1-3-2;;;/h9-14,25-26H,3-8,15-18H2,1-2H3,(H,37,41)(H,38,42)(H,39,47)(H,40,48);2*3H2,1-2H3;3*1H/t25-,26+;;;;;. The second kappa shape index (κ2) is 18.9. The molecule has 0 aliphatic carbocycles. The van der Waals surface area contributed by atoms with Gasteiger partial charge in [0.1, 0.15) is 49.5 Å². The maximum atomic E-state index is 12.9. The number of hydrogen-bond donors (Lipinski definition) is 4. The number of carbonyl (C=O) groups excluding carboxylic acids is 4. The first-order chi connectivity index (χ1) is 28.1. The number of methoxy groups -OCH3 is 2. The SMILES string of the molecule is CCC.CCC.COC(=O)NCC(=O)N1CCC[C@@H]1c1ncc(-c2cc3c4c(c2)OCc2cc(-c5cnc([C@@H]6CCCN6C(=O)CNC(=O)OC)[nH]5)cc(c2-4)OC3)[nH]1.[HH].[HH].[HH]. The number of amides is 4. The Kier molecular flexibility index (Phi) is 13.6. The van der Waals surface area contributed by atoms with E-state index in [0.717, 1.165) is 82.0 Å². The van der Waals surface area contributed by atoms with E-state index >= 15 is 0 Å². The summed E-state index contributed by atoms with van der Waals surface area (Å²) in [6, 6.07) is 7.74. The first-order valence-electron chi connectivity index (χ1n) is 20.1. The molecule has 2 saturated heterocycles. The van der Waals surface area contributed by atoms with Crippen molar-refractivity contribution in [1.82, 2.24) is 40.4 Å². The van der Waals surface area contributed by atoms with Crippen LogP contribution in [-0.4, -0.2) is 94.1 Å². The Labute approximate surface area is 342 Å². The largest absolute Gasteiger partial charge is 0.488 e. The third-order valence-corrected chi connectivity index (χ3v) is 10.1. The zero-order valence-electron chi connectivity index (χ0n) is 34.2. The van der Waals surface area contributed by atoms with E-state index in [9.17, 15) is 19.2 Å². The van der Waals surface area contributed by atoms with Crippen molar-refractivity contribution in [3.05, 3.63) is 59.4 Å². The number of benzene rings is 2. The second-order valence-electron chi connectivity index (χ2n) is 14.6. The maximum absolute atomic E-state index is 12.9. The lowest BCUT2D eigenvalue weighted by Crippen LogP contribution is -2.40. The highest BCUT2D eigenvalue weighted by molar-refractivity contribution is 5.88. The van der Waals surface area contributed by atoms with Crippen molar-refractivity contribution in [2.24, 2.45) is 0 Å². The number of rotatable bonds is 8. The molecule has 8 rings (SSSR count). The lowest BCUT2D eigenvalue weighted by Gasteiger charge is -2.30. The number of ether oxygens (including phenoxy) is 4. The highest BCUT2D eigenvalue weighted by Crippen LogP contribution is 2.51. The summed E-state index contributed by atoms with van der Waals surface area (Å²) in [5.74, 6) is 2.51. The average Bonchev–Trinajstić information content (AvgIpc) is 4.08. The van der Waals surface area contributed by atoms with Crippen molar-refractivity contribution < 1.29 is 42.4 Å². The van der Waals surface area contributed by atoms with Gasteiger partial charge in [0.25, 0.3) is 0 Å². The van der Waals surface area contributed by atoms with Crippen LogP contribution in [-0.2, 0) is 32.3 Å². The lowest BCUT2D eigenvalue weighted by atomic mass is 9.87. The fraction of sp³-hybridized carbons (Fsp3) is 0.476. The first-order valence-corrected chi connectivity index (χ1v) is 20.1. The van der Waals surface area contributed by atoms with Gasteiger partial charge in [-0.3, -0.25) is 9.59 Å². The zero-order chi connectivity index (χ0) is 41.3. The summed E-state index contributed by atoms with van der Waals surface area (Å²) in [5, 5.41) is 4.93. The van der Waals surface area contributed by atoms with Crippen molar-refractivity contribution in [3.8, 4) is 45.1 Å². The number of imidazole rings is 2. The Morgan fingerprint density at radius 1 is 0.707 bits per heavy atom. The molecule has 2 fully saturated rings. The maximum Gasteiger partial charge on any atom is 0.407 e. The highest BCUT2D eigenvalue weighted by Gasteiger charge is 2.35. The molecule has 2 aromatic carbocycles. The molecule has 0 bridgehead atoms. The summed E-state index contributed by atoms with van der Waals surface area (Å²) in [5.41, 5.74) is 7.40. The summed E-state index contributed by atoms with van der Waals surface area (Å²) < 4.78 is 21.9. The molecule has 16 nitrogen and oxygen atoms in total. The summed E-state index contributed by atoms with van der Waals surface area (Å²) in [4.78, 5) is 68.3. The van der Waals surface area contributed by atoms with E-state index in [4.69, 9.17) is 9.47 Å². The molecule has 0 saturated carbocycles. The minimum absolute atomic E-state index is 0. The number of aromatic nitrogens is 4. The molecule has 0 radical (unpaired) electrons. The van der Waals surface area contributed by atoms with Gasteiger partial charge in [0, 0.05) is 50.8 Å². The number of carbonyl (C=O) groups is 4. The minimum Gasteiger partial charge on any atom is -0.488 e. The van der Waals surface area contributed by atoms with E-state index in [1.807, 2.05) is 12.1 Å². The van der Waals surface area contributed by atoms with Gasteiger partial charge < -0.3 is 49.3 Å². The van der Waals surface area contributed by atoms with E-state index in [1.54, 1.807) is 22.2 Å². The van der Waals surface area contributed by atoms with Gasteiger partial charge in [0.15, 0.2) is 0 Å². The van der Waals surface area contributed by atoms with Crippen LogP contribution in [0.1, 0.15) is 105 Å². The van der Waals surface area contributed by atoms with Crippen molar-refractivity contribution >= 4 is 24.0 Å². The average molecular weight is 805 g/mol. The Morgan fingerprint density at radius 3 is 1.48 bits per heavy atom. The smallest absolute Gasteiger partial charge is 0.407 e. The van der Waals surface area contributed by atoms with Crippen molar-refractivity contribution in [2.75, 3.05) is 40.4 Å². The predicted molar refractivity (Wildman–Crippen MR) is 222 cm³/mol. The van der Waals surface area contributed by atoms with Gasteiger partial charge in [-0.2, -0.15) is 0 Å². The summed E-state index contributed by atoms with van der Waals surface area (Å²) in [7, 11) is 2.52. The monoisotopic (exact) mass is 804 g/mol. The number of aromatic amines is 2. The van der Waals surface area contributed by atoms with Gasteiger partial charge in [0.2, 0.25) is 11.8 Å². The Morgan fingerprint density at radius 2 is 1.10 bits per heavy atom. The molecule has 4 amide bonds. The van der Waals surface area contributed by atoms with Crippen LogP contribution in [0.2, 0.25) is 0 Å². The Hall–Kier alpha value is -6.06. The molecule has 4 aromatic rings. The number of nitrogens with zero attached hydrogens (tertiary/aromatic N) is 4. The molecule has 316 valence electrons. The second-order valence-corrected chi connectivity index (χ2v) is 14.6. The molecule has 2 aromatic heterocycles. The van der Waals surface area contributed by atoms with Crippen molar-refractivity contribution in [1.29, 1.82) is 0 Å². The summed E-state index contributed by atoms with van der Waals surface area (Å²) in [6.45, 7) is 10.1. The number of alkyl carbamates (subject to hydrolysis) is 2. The van der Waals surface area contributed by atoms with Crippen molar-refractivity contribution in [3.63, 3.8) is 0 Å². The number of nitrogens with one attached hydrogen (secondary N) is 4. The van der Waals surface area contributed by atoms with E-state index in [1.165, 1.54) is 27.1 Å². The molecule has 4 aliphatic rings. The fourth-order valence-electron chi connectivity index (χ4n) is 7.64. The highest BCUT2D eigenvalue weighted by atomic mass is 16.5. The van der Waals surface area contributed by atoms with Crippen LogP contribution in [0.15, 0.2) is 36.7 Å². The molecule has 2 atom stereocenters. The Bertz CT molecular complexity index is 1930. The fourth-order valence-corrected chi connectivity index (χ4v) is 7.64. The lowest BCUT2D eigenvalue weighted by molar-refractivity contribution is -0.132. The zero-order valence-corrected chi connectivity index (χ0v) is 34.2. The topological polar surface area (TPSA) is 193 Å². The molecule has 6 heterocycles. The Balaban J connectivity index is 0.00000104. The van der Waals surface area contributed by atoms with Crippen LogP contribution in [0.25, 0.3) is 33.6 Å². The van der Waals surface area contributed by atoms with Crippen LogP contribution < -0.4 is 20.1 Å². The van der Waals surface area contributed by atoms with E-state index in [2.05, 4.69) is 79.9 Å². The molecule has 58 heavy (non-hydrogen) atoms. The van der Waals surface area contributed by atoms with Crippen LogP contribution in [0.4, 0.5) is 9.59 Å². The predicted octanol–water partition coefficient (Wildman–Crippen LogP) is 7.53.